The predicted octanol–water partition coefficient (Wildman–Crippen LogP) is 0.667. The van der Waals surface area contributed by atoms with Gasteiger partial charge in [-0.1, -0.05) is 0 Å². The number of ether oxygens (including phenoxy) is 1. The summed E-state index contributed by atoms with van der Waals surface area (Å²) in [5.74, 6) is 0. The van der Waals surface area contributed by atoms with Gasteiger partial charge in [-0.25, -0.2) is 9.50 Å². The van der Waals surface area contributed by atoms with Crippen molar-refractivity contribution in [3.05, 3.63) is 29.7 Å². The van der Waals surface area contributed by atoms with Gasteiger partial charge in [-0.05, 0) is 13.8 Å². The van der Waals surface area contributed by atoms with Gasteiger partial charge < -0.3 is 15.2 Å². The molecule has 1 aliphatic heterocycles. The topological polar surface area (TPSA) is 71.7 Å². The van der Waals surface area contributed by atoms with E-state index in [9.17, 15) is 5.11 Å². The monoisotopic (exact) mass is 276 g/mol. The van der Waals surface area contributed by atoms with E-state index in [0.717, 1.165) is 16.9 Å². The third-order valence-corrected chi connectivity index (χ3v) is 3.91. The predicted molar refractivity (Wildman–Crippen MR) is 74.4 cm³/mol. The van der Waals surface area contributed by atoms with Crippen LogP contribution in [0.25, 0.3) is 5.65 Å². The van der Waals surface area contributed by atoms with Crippen LogP contribution in [-0.4, -0.2) is 44.6 Å². The lowest BCUT2D eigenvalue weighted by Gasteiger charge is -2.26. The lowest BCUT2D eigenvalue weighted by atomic mass is 9.97. The summed E-state index contributed by atoms with van der Waals surface area (Å²) in [5, 5.41) is 18.0. The van der Waals surface area contributed by atoms with Gasteiger partial charge in [-0.15, -0.1) is 0 Å². The maximum Gasteiger partial charge on any atom is 0.155 e. The smallest absolute Gasteiger partial charge is 0.155 e. The minimum Gasteiger partial charge on any atom is -0.386 e. The fraction of sp³-hybridized carbons (Fsp3) is 0.571. The largest absolute Gasteiger partial charge is 0.386 e. The molecule has 2 N–H and O–H groups in total. The van der Waals surface area contributed by atoms with Crippen LogP contribution < -0.4 is 5.32 Å². The maximum absolute atomic E-state index is 10.4. The summed E-state index contributed by atoms with van der Waals surface area (Å²) >= 11 is 0. The van der Waals surface area contributed by atoms with Gasteiger partial charge in [0, 0.05) is 50.1 Å². The molecule has 6 heteroatoms. The SMILES string of the molecule is Cc1cc2ncc(CNCC3(O)CCOC3C)cn2n1. The molecule has 6 nitrogen and oxygen atoms in total. The van der Waals surface area contributed by atoms with E-state index >= 15 is 0 Å². The van der Waals surface area contributed by atoms with E-state index in [1.165, 1.54) is 0 Å². The summed E-state index contributed by atoms with van der Waals surface area (Å²) in [6.07, 6.45) is 4.35. The Hall–Kier alpha value is -1.50. The van der Waals surface area contributed by atoms with Crippen LogP contribution in [0.1, 0.15) is 24.6 Å². The van der Waals surface area contributed by atoms with Gasteiger partial charge >= 0.3 is 0 Å². The quantitative estimate of drug-likeness (QED) is 0.858. The number of hydrogen-bond donors (Lipinski definition) is 2. The van der Waals surface area contributed by atoms with E-state index in [-0.39, 0.29) is 6.10 Å². The Kier molecular flexibility index (Phi) is 3.45. The van der Waals surface area contributed by atoms with Crippen LogP contribution in [0.2, 0.25) is 0 Å². The van der Waals surface area contributed by atoms with Crippen molar-refractivity contribution in [1.82, 2.24) is 19.9 Å². The number of fused-ring (bicyclic) bond motifs is 1. The molecule has 0 aromatic carbocycles. The summed E-state index contributed by atoms with van der Waals surface area (Å²) in [6, 6.07) is 1.94. The molecule has 2 atom stereocenters. The van der Waals surface area contributed by atoms with Crippen molar-refractivity contribution in [2.24, 2.45) is 0 Å². The highest BCUT2D eigenvalue weighted by Gasteiger charge is 2.38. The van der Waals surface area contributed by atoms with E-state index in [0.29, 0.717) is 26.1 Å². The molecule has 2 unspecified atom stereocenters. The summed E-state index contributed by atoms with van der Waals surface area (Å²) < 4.78 is 7.20. The molecule has 3 heterocycles. The van der Waals surface area contributed by atoms with Crippen molar-refractivity contribution in [2.75, 3.05) is 13.2 Å². The van der Waals surface area contributed by atoms with E-state index in [1.807, 2.05) is 32.3 Å². The number of aromatic nitrogens is 3. The number of nitrogens with zero attached hydrogens (tertiary/aromatic N) is 3. The first-order valence-electron chi connectivity index (χ1n) is 6.92. The number of nitrogens with one attached hydrogen (secondary N) is 1. The second kappa shape index (κ2) is 5.12. The Morgan fingerprint density at radius 3 is 3.20 bits per heavy atom. The van der Waals surface area contributed by atoms with Crippen LogP contribution in [-0.2, 0) is 11.3 Å². The third-order valence-electron chi connectivity index (χ3n) is 3.91. The van der Waals surface area contributed by atoms with Crippen LogP contribution in [0.15, 0.2) is 18.5 Å². The van der Waals surface area contributed by atoms with Crippen molar-refractivity contribution in [2.45, 2.75) is 38.5 Å². The summed E-state index contributed by atoms with van der Waals surface area (Å²) in [5.41, 5.74) is 2.08. The van der Waals surface area contributed by atoms with Crippen LogP contribution in [0.5, 0.6) is 0 Å². The van der Waals surface area contributed by atoms with Crippen LogP contribution in [0, 0.1) is 6.92 Å². The van der Waals surface area contributed by atoms with Crippen molar-refractivity contribution in [3.8, 4) is 0 Å². The second-order valence-corrected chi connectivity index (χ2v) is 5.52. The molecule has 0 bridgehead atoms. The molecule has 1 saturated heterocycles. The number of rotatable bonds is 4. The van der Waals surface area contributed by atoms with E-state index < -0.39 is 5.60 Å². The molecule has 0 spiro atoms. The molecule has 0 amide bonds. The third kappa shape index (κ3) is 2.54. The van der Waals surface area contributed by atoms with Crippen molar-refractivity contribution < 1.29 is 9.84 Å². The van der Waals surface area contributed by atoms with E-state index in [4.69, 9.17) is 4.74 Å². The molecule has 3 rings (SSSR count). The van der Waals surface area contributed by atoms with Gasteiger partial charge in [0.2, 0.25) is 0 Å². The Morgan fingerprint density at radius 2 is 2.45 bits per heavy atom. The molecule has 0 aliphatic carbocycles. The lowest BCUT2D eigenvalue weighted by Crippen LogP contribution is -2.45. The zero-order chi connectivity index (χ0) is 14.2. The average molecular weight is 276 g/mol. The Morgan fingerprint density at radius 1 is 1.60 bits per heavy atom. The highest BCUT2D eigenvalue weighted by Crippen LogP contribution is 2.24. The Balaban J connectivity index is 1.62. The van der Waals surface area contributed by atoms with E-state index in [2.05, 4.69) is 15.4 Å². The summed E-state index contributed by atoms with van der Waals surface area (Å²) in [6.45, 7) is 5.65. The zero-order valence-corrected chi connectivity index (χ0v) is 11.8. The molecule has 2 aromatic heterocycles. The zero-order valence-electron chi connectivity index (χ0n) is 11.8. The molecule has 1 aliphatic rings. The average Bonchev–Trinajstić information content (AvgIpc) is 2.92. The van der Waals surface area contributed by atoms with Crippen LogP contribution in [0.3, 0.4) is 0 Å². The van der Waals surface area contributed by atoms with E-state index in [1.54, 1.807) is 4.52 Å². The number of aryl methyl sites for hydroxylation is 1. The fourth-order valence-electron chi connectivity index (χ4n) is 2.55. The molecule has 108 valence electrons. The normalized spacial score (nSPS) is 26.4. The molecule has 1 fully saturated rings. The minimum absolute atomic E-state index is 0.121. The van der Waals surface area contributed by atoms with Gasteiger partial charge in [-0.3, -0.25) is 0 Å². The van der Waals surface area contributed by atoms with Gasteiger partial charge in [-0.2, -0.15) is 5.10 Å². The van der Waals surface area contributed by atoms with Crippen LogP contribution in [0.4, 0.5) is 0 Å². The van der Waals surface area contributed by atoms with Crippen molar-refractivity contribution >= 4 is 5.65 Å². The molecule has 2 aromatic rings. The summed E-state index contributed by atoms with van der Waals surface area (Å²) in [4.78, 5) is 4.36. The van der Waals surface area contributed by atoms with Gasteiger partial charge in [0.1, 0.15) is 5.60 Å². The lowest BCUT2D eigenvalue weighted by molar-refractivity contribution is -0.0263. The molecular formula is C14H20N4O2. The minimum atomic E-state index is -0.764. The first-order valence-corrected chi connectivity index (χ1v) is 6.92. The van der Waals surface area contributed by atoms with Crippen molar-refractivity contribution in [3.63, 3.8) is 0 Å². The maximum atomic E-state index is 10.4. The fourth-order valence-corrected chi connectivity index (χ4v) is 2.55. The molecule has 20 heavy (non-hydrogen) atoms. The second-order valence-electron chi connectivity index (χ2n) is 5.52. The van der Waals surface area contributed by atoms with Gasteiger partial charge in [0.05, 0.1) is 11.8 Å². The summed E-state index contributed by atoms with van der Waals surface area (Å²) in [7, 11) is 0. The first-order chi connectivity index (χ1) is 9.57. The van der Waals surface area contributed by atoms with Gasteiger partial charge in [0.25, 0.3) is 0 Å². The Bertz CT molecular complexity index is 612. The highest BCUT2D eigenvalue weighted by molar-refractivity contribution is 5.38. The number of hydrogen-bond acceptors (Lipinski definition) is 5. The Labute approximate surface area is 117 Å². The highest BCUT2D eigenvalue weighted by atomic mass is 16.5. The molecule has 0 saturated carbocycles. The standard InChI is InChI=1S/C14H20N4O2/c1-10-5-13-16-7-12(8-18(13)17-10)6-15-9-14(19)3-4-20-11(14)2/h5,7-8,11,15,19H,3-4,6,9H2,1-2H3. The number of aliphatic hydroxyl groups is 1. The molecular weight excluding hydrogens is 256 g/mol. The van der Waals surface area contributed by atoms with Crippen LogP contribution >= 0.6 is 0 Å². The molecule has 0 radical (unpaired) electrons. The van der Waals surface area contributed by atoms with Crippen molar-refractivity contribution in [1.29, 1.82) is 0 Å². The van der Waals surface area contributed by atoms with Gasteiger partial charge in [0.15, 0.2) is 5.65 Å². The first kappa shape index (κ1) is 13.5.